The molecule has 0 saturated heterocycles. The van der Waals surface area contributed by atoms with Gasteiger partial charge in [0.05, 0.1) is 26.7 Å². The summed E-state index contributed by atoms with van der Waals surface area (Å²) in [7, 11) is 2.87. The molecule has 0 spiro atoms. The molecule has 7 heteroatoms. The number of nitrogens with zero attached hydrogens (tertiary/aromatic N) is 1. The Balaban J connectivity index is 2.51. The van der Waals surface area contributed by atoms with Crippen molar-refractivity contribution >= 4 is 11.9 Å². The molecule has 0 aliphatic carbocycles. The molecule has 134 valence electrons. The van der Waals surface area contributed by atoms with E-state index in [1.54, 1.807) is 31.4 Å². The van der Waals surface area contributed by atoms with Crippen LogP contribution in [0.25, 0.3) is 0 Å². The number of methoxy groups -OCH3 is 2. The van der Waals surface area contributed by atoms with Crippen molar-refractivity contribution in [2.75, 3.05) is 47.1 Å². The average Bonchev–Trinajstić information content (AvgIpc) is 2.61. The van der Waals surface area contributed by atoms with E-state index in [9.17, 15) is 9.59 Å². The van der Waals surface area contributed by atoms with Gasteiger partial charge in [0.1, 0.15) is 11.5 Å². The maximum absolute atomic E-state index is 12.3. The minimum absolute atomic E-state index is 0.112. The van der Waals surface area contributed by atoms with Gasteiger partial charge in [0.25, 0.3) is 5.91 Å². The Hall–Kier alpha value is -2.28. The number of amides is 1. The molecule has 0 fully saturated rings. The first-order chi connectivity index (χ1) is 11.6. The smallest absolute Gasteiger partial charge is 0.307 e. The van der Waals surface area contributed by atoms with Crippen LogP contribution in [0.3, 0.4) is 0 Å². The maximum atomic E-state index is 12.3. The van der Waals surface area contributed by atoms with E-state index in [2.05, 4.69) is 4.74 Å². The van der Waals surface area contributed by atoms with Crippen molar-refractivity contribution in [2.45, 2.75) is 13.3 Å². The van der Waals surface area contributed by atoms with Gasteiger partial charge < -0.3 is 23.8 Å². The fourth-order valence-electron chi connectivity index (χ4n) is 1.93. The third-order valence-electron chi connectivity index (χ3n) is 3.23. The van der Waals surface area contributed by atoms with Crippen molar-refractivity contribution in [1.82, 2.24) is 4.90 Å². The molecule has 1 aromatic carbocycles. The van der Waals surface area contributed by atoms with Crippen LogP contribution in [0, 0.1) is 0 Å². The standard InChI is InChI=1S/C17H25NO6/c1-4-23-14-5-7-15(8-6-14)24-13-16(19)18(11-12-21-2)10-9-17(20)22-3/h5-8H,4,9-13H2,1-3H3. The molecule has 0 aromatic heterocycles. The molecular formula is C17H25NO6. The van der Waals surface area contributed by atoms with Crippen molar-refractivity contribution in [2.24, 2.45) is 0 Å². The number of hydrogen-bond donors (Lipinski definition) is 0. The van der Waals surface area contributed by atoms with E-state index < -0.39 is 0 Å². The monoisotopic (exact) mass is 339 g/mol. The molecule has 7 nitrogen and oxygen atoms in total. The van der Waals surface area contributed by atoms with Gasteiger partial charge in [-0.05, 0) is 31.2 Å². The van der Waals surface area contributed by atoms with Crippen LogP contribution in [0.4, 0.5) is 0 Å². The first kappa shape index (κ1) is 19.8. The molecule has 0 heterocycles. The number of hydrogen-bond acceptors (Lipinski definition) is 6. The van der Waals surface area contributed by atoms with Crippen molar-refractivity contribution in [3.05, 3.63) is 24.3 Å². The summed E-state index contributed by atoms with van der Waals surface area (Å²) >= 11 is 0. The molecule has 1 aromatic rings. The van der Waals surface area contributed by atoms with E-state index in [1.807, 2.05) is 6.92 Å². The molecule has 0 bridgehead atoms. The Morgan fingerprint density at radius 2 is 1.62 bits per heavy atom. The minimum Gasteiger partial charge on any atom is -0.494 e. The Morgan fingerprint density at radius 1 is 1.00 bits per heavy atom. The lowest BCUT2D eigenvalue weighted by Gasteiger charge is -2.22. The SMILES string of the molecule is CCOc1ccc(OCC(=O)N(CCOC)CCC(=O)OC)cc1. The lowest BCUT2D eigenvalue weighted by molar-refractivity contribution is -0.142. The fraction of sp³-hybridized carbons (Fsp3) is 0.529. The summed E-state index contributed by atoms with van der Waals surface area (Å²) in [5, 5.41) is 0. The quantitative estimate of drug-likeness (QED) is 0.569. The second-order valence-electron chi connectivity index (χ2n) is 4.89. The third-order valence-corrected chi connectivity index (χ3v) is 3.23. The van der Waals surface area contributed by atoms with Crippen LogP contribution < -0.4 is 9.47 Å². The van der Waals surface area contributed by atoms with Crippen LogP contribution in [0.5, 0.6) is 11.5 Å². The van der Waals surface area contributed by atoms with Crippen LogP contribution in [0.2, 0.25) is 0 Å². The Kier molecular flexibility index (Phi) is 9.29. The lowest BCUT2D eigenvalue weighted by atomic mass is 10.3. The van der Waals surface area contributed by atoms with Crippen molar-refractivity contribution in [3.63, 3.8) is 0 Å². The van der Waals surface area contributed by atoms with Crippen LogP contribution >= 0.6 is 0 Å². The zero-order valence-electron chi connectivity index (χ0n) is 14.4. The molecule has 0 radical (unpaired) electrons. The fourth-order valence-corrected chi connectivity index (χ4v) is 1.93. The van der Waals surface area contributed by atoms with Crippen molar-refractivity contribution < 1.29 is 28.5 Å². The van der Waals surface area contributed by atoms with E-state index in [4.69, 9.17) is 14.2 Å². The van der Waals surface area contributed by atoms with E-state index in [1.165, 1.54) is 12.0 Å². The van der Waals surface area contributed by atoms with Gasteiger partial charge in [-0.3, -0.25) is 9.59 Å². The molecule has 0 N–H and O–H groups in total. The molecule has 1 amide bonds. The summed E-state index contributed by atoms with van der Waals surface area (Å²) in [5.74, 6) is 0.741. The summed E-state index contributed by atoms with van der Waals surface area (Å²) < 4.78 is 20.4. The second-order valence-corrected chi connectivity index (χ2v) is 4.89. The Bertz CT molecular complexity index is 502. The number of carbonyl (C=O) groups excluding carboxylic acids is 2. The van der Waals surface area contributed by atoms with E-state index in [0.717, 1.165) is 5.75 Å². The maximum Gasteiger partial charge on any atom is 0.307 e. The largest absolute Gasteiger partial charge is 0.494 e. The van der Waals surface area contributed by atoms with Gasteiger partial charge in [0, 0.05) is 20.2 Å². The zero-order chi connectivity index (χ0) is 17.8. The Labute approximate surface area is 142 Å². The van der Waals surface area contributed by atoms with Crippen LogP contribution in [-0.2, 0) is 19.1 Å². The molecule has 0 unspecified atom stereocenters. The first-order valence-electron chi connectivity index (χ1n) is 7.79. The predicted molar refractivity (Wildman–Crippen MR) is 88.2 cm³/mol. The molecule has 0 aliphatic heterocycles. The van der Waals surface area contributed by atoms with Gasteiger partial charge in [-0.15, -0.1) is 0 Å². The van der Waals surface area contributed by atoms with Crippen LogP contribution in [0.15, 0.2) is 24.3 Å². The molecular weight excluding hydrogens is 314 g/mol. The van der Waals surface area contributed by atoms with E-state index >= 15 is 0 Å². The summed E-state index contributed by atoms with van der Waals surface area (Å²) in [4.78, 5) is 25.0. The molecule has 1 rings (SSSR count). The minimum atomic E-state index is -0.363. The van der Waals surface area contributed by atoms with Crippen molar-refractivity contribution in [1.29, 1.82) is 0 Å². The van der Waals surface area contributed by atoms with Gasteiger partial charge in [0.2, 0.25) is 0 Å². The predicted octanol–water partition coefficient (Wildman–Crippen LogP) is 1.50. The number of benzene rings is 1. The number of esters is 1. The van der Waals surface area contributed by atoms with Crippen LogP contribution in [0.1, 0.15) is 13.3 Å². The Morgan fingerprint density at radius 3 is 2.17 bits per heavy atom. The van der Waals surface area contributed by atoms with Gasteiger partial charge in [0.15, 0.2) is 6.61 Å². The number of carbonyl (C=O) groups is 2. The van der Waals surface area contributed by atoms with E-state index in [-0.39, 0.29) is 31.4 Å². The van der Waals surface area contributed by atoms with E-state index in [0.29, 0.717) is 25.5 Å². The van der Waals surface area contributed by atoms with Gasteiger partial charge in [-0.1, -0.05) is 0 Å². The van der Waals surface area contributed by atoms with Gasteiger partial charge >= 0.3 is 5.97 Å². The highest BCUT2D eigenvalue weighted by atomic mass is 16.5. The highest BCUT2D eigenvalue weighted by molar-refractivity contribution is 5.78. The molecule has 0 atom stereocenters. The number of rotatable bonds is 11. The summed E-state index contributed by atoms with van der Waals surface area (Å²) in [5.41, 5.74) is 0. The number of ether oxygens (including phenoxy) is 4. The average molecular weight is 339 g/mol. The van der Waals surface area contributed by atoms with Crippen molar-refractivity contribution in [3.8, 4) is 11.5 Å². The lowest BCUT2D eigenvalue weighted by Crippen LogP contribution is -2.38. The summed E-state index contributed by atoms with van der Waals surface area (Å²) in [6.07, 6.45) is 0.134. The van der Waals surface area contributed by atoms with Gasteiger partial charge in [-0.2, -0.15) is 0 Å². The third kappa shape index (κ3) is 7.32. The second kappa shape index (κ2) is 11.3. The van der Waals surface area contributed by atoms with Gasteiger partial charge in [-0.25, -0.2) is 0 Å². The van der Waals surface area contributed by atoms with Crippen LogP contribution in [-0.4, -0.2) is 63.9 Å². The molecule has 0 saturated carbocycles. The highest BCUT2D eigenvalue weighted by Crippen LogP contribution is 2.17. The summed E-state index contributed by atoms with van der Waals surface area (Å²) in [6.45, 7) is 3.43. The summed E-state index contributed by atoms with van der Waals surface area (Å²) in [6, 6.07) is 7.05. The first-order valence-corrected chi connectivity index (χ1v) is 7.79. The molecule has 0 aliphatic rings. The topological polar surface area (TPSA) is 74.3 Å². The normalized spacial score (nSPS) is 10.1. The zero-order valence-corrected chi connectivity index (χ0v) is 14.4. The molecule has 24 heavy (non-hydrogen) atoms. The highest BCUT2D eigenvalue weighted by Gasteiger charge is 2.15.